The van der Waals surface area contributed by atoms with Crippen molar-refractivity contribution in [2.75, 3.05) is 40.0 Å². The van der Waals surface area contributed by atoms with Gasteiger partial charge in [0.2, 0.25) is 34.2 Å². The summed E-state index contributed by atoms with van der Waals surface area (Å²) in [5.74, 6) is -1.42. The molecule has 0 aromatic heterocycles. The number of benzene rings is 1. The Balaban J connectivity index is 2.16. The van der Waals surface area contributed by atoms with E-state index in [4.69, 9.17) is 4.74 Å². The fraction of sp³-hybridized carbons (Fsp3) is 0.697. The van der Waals surface area contributed by atoms with Crippen LogP contribution in [0.2, 0.25) is 0 Å². The number of halogens is 2. The number of amides is 5. The van der Waals surface area contributed by atoms with Crippen molar-refractivity contribution in [3.63, 3.8) is 0 Å². The first-order chi connectivity index (χ1) is 22.5. The number of ether oxygens (including phenoxy) is 1. The van der Waals surface area contributed by atoms with Crippen molar-refractivity contribution >= 4 is 33.8 Å². The third-order valence-corrected chi connectivity index (χ3v) is 9.76. The van der Waals surface area contributed by atoms with Gasteiger partial charge < -0.3 is 30.9 Å². The number of alkyl halides is 2. The zero-order valence-electron chi connectivity index (χ0n) is 30.1. The maximum Gasteiger partial charge on any atom is 0.315 e. The van der Waals surface area contributed by atoms with Crippen LogP contribution in [0, 0.1) is 10.8 Å². The maximum absolute atomic E-state index is 14.0. The van der Waals surface area contributed by atoms with Crippen molar-refractivity contribution in [2.24, 2.45) is 10.8 Å². The maximum atomic E-state index is 14.0. The molecule has 278 valence electrons. The first kappa shape index (κ1) is 41.6. The molecule has 4 N–H and O–H groups in total. The smallest absolute Gasteiger partial charge is 0.315 e. The highest BCUT2D eigenvalue weighted by Crippen LogP contribution is 2.27. The normalized spacial score (nSPS) is 17.3. The Morgan fingerprint density at radius 3 is 2.24 bits per heavy atom. The predicted octanol–water partition coefficient (Wildman–Crippen LogP) is 2.50. The standard InChI is InChI=1S/C33H54F2N6O7S/c1-32(2,3)25(20-40(7)49(9,46)47)38-31(45)39-27(33(4,5)6)30(44)41-17-11-14-24(41)29(43)37-23(19-26(34)35)28(42)36-16-15-21-12-10-13-22(18-21)48-8/h10,12-13,18,23-27H,11,14-17,19-20H2,1-9H3,(H,36,42)(H,37,43)(H2,38,39,45)/t23-,24-,25+,27+/m0/s1. The Morgan fingerprint density at radius 2 is 1.69 bits per heavy atom. The van der Waals surface area contributed by atoms with Gasteiger partial charge in [-0.1, -0.05) is 53.7 Å². The molecule has 2 rings (SSSR count). The minimum Gasteiger partial charge on any atom is -0.497 e. The molecule has 0 aliphatic carbocycles. The lowest BCUT2D eigenvalue weighted by Gasteiger charge is -2.37. The average Bonchev–Trinajstić information content (AvgIpc) is 3.47. The lowest BCUT2D eigenvalue weighted by Crippen LogP contribution is -2.62. The van der Waals surface area contributed by atoms with E-state index in [0.717, 1.165) is 16.1 Å². The molecule has 4 atom stereocenters. The molecular weight excluding hydrogens is 662 g/mol. The molecular formula is C33H54F2N6O7S. The first-order valence-corrected chi connectivity index (χ1v) is 18.2. The van der Waals surface area contributed by atoms with Crippen LogP contribution < -0.4 is 26.0 Å². The molecule has 1 aliphatic rings. The molecule has 0 spiro atoms. The number of urea groups is 1. The van der Waals surface area contributed by atoms with Crippen molar-refractivity contribution in [3.8, 4) is 5.75 Å². The molecule has 1 saturated heterocycles. The largest absolute Gasteiger partial charge is 0.497 e. The fourth-order valence-electron chi connectivity index (χ4n) is 5.34. The first-order valence-electron chi connectivity index (χ1n) is 16.3. The summed E-state index contributed by atoms with van der Waals surface area (Å²) in [7, 11) is -0.588. The molecule has 1 aliphatic heterocycles. The van der Waals surface area contributed by atoms with Crippen molar-refractivity contribution in [2.45, 2.75) is 97.8 Å². The molecule has 0 saturated carbocycles. The third-order valence-electron chi connectivity index (χ3n) is 8.48. The van der Waals surface area contributed by atoms with Gasteiger partial charge in [-0.15, -0.1) is 0 Å². The molecule has 1 fully saturated rings. The Bertz CT molecular complexity index is 1410. The third kappa shape index (κ3) is 13.0. The SMILES string of the molecule is COc1cccc(CCNC(=O)[C@H](CC(F)F)NC(=O)[C@@H]2CCCN2C(=O)[C@@H](NC(=O)N[C@H](CN(C)S(C)(=O)=O)C(C)(C)C)C(C)(C)C)c1. The van der Waals surface area contributed by atoms with Crippen molar-refractivity contribution in [1.29, 1.82) is 0 Å². The van der Waals surface area contributed by atoms with Gasteiger partial charge in [0.1, 0.15) is 23.9 Å². The van der Waals surface area contributed by atoms with Crippen LogP contribution in [-0.2, 0) is 30.8 Å². The van der Waals surface area contributed by atoms with Crippen LogP contribution in [0.4, 0.5) is 13.6 Å². The topological polar surface area (TPSA) is 166 Å². The zero-order valence-corrected chi connectivity index (χ0v) is 30.9. The Labute approximate surface area is 289 Å². The van der Waals surface area contributed by atoms with Crippen LogP contribution in [-0.4, -0.2) is 112 Å². The van der Waals surface area contributed by atoms with Crippen LogP contribution in [0.5, 0.6) is 5.75 Å². The van der Waals surface area contributed by atoms with Crippen LogP contribution in [0.25, 0.3) is 0 Å². The predicted molar refractivity (Wildman–Crippen MR) is 183 cm³/mol. The number of carbonyl (C=O) groups is 4. The van der Waals surface area contributed by atoms with Gasteiger partial charge in [-0.3, -0.25) is 14.4 Å². The van der Waals surface area contributed by atoms with Gasteiger partial charge in [0.25, 0.3) is 0 Å². The second-order valence-electron chi connectivity index (χ2n) is 14.6. The van der Waals surface area contributed by atoms with E-state index in [1.54, 1.807) is 39.0 Å². The van der Waals surface area contributed by atoms with Crippen molar-refractivity contribution in [3.05, 3.63) is 29.8 Å². The number of rotatable bonds is 15. The van der Waals surface area contributed by atoms with E-state index >= 15 is 0 Å². The number of nitrogens with zero attached hydrogens (tertiary/aromatic N) is 2. The molecule has 1 heterocycles. The monoisotopic (exact) mass is 716 g/mol. The molecule has 49 heavy (non-hydrogen) atoms. The number of nitrogens with one attached hydrogen (secondary N) is 4. The summed E-state index contributed by atoms with van der Waals surface area (Å²) < 4.78 is 57.4. The number of likely N-dealkylation sites (tertiary alicyclic amines) is 1. The summed E-state index contributed by atoms with van der Waals surface area (Å²) in [5.41, 5.74) is -0.508. The summed E-state index contributed by atoms with van der Waals surface area (Å²) in [6.07, 6.45) is -1.63. The number of methoxy groups -OCH3 is 1. The number of sulfonamides is 1. The minimum absolute atomic E-state index is 0.00732. The Morgan fingerprint density at radius 1 is 1.04 bits per heavy atom. The van der Waals surface area contributed by atoms with Crippen LogP contribution in [0.15, 0.2) is 24.3 Å². The molecule has 1 aromatic rings. The van der Waals surface area contributed by atoms with E-state index in [1.807, 2.05) is 26.8 Å². The van der Waals surface area contributed by atoms with E-state index in [1.165, 1.54) is 19.1 Å². The molecule has 0 unspecified atom stereocenters. The van der Waals surface area contributed by atoms with Gasteiger partial charge in [0.05, 0.1) is 13.4 Å². The Kier molecular flexibility index (Phi) is 14.8. The van der Waals surface area contributed by atoms with E-state index in [2.05, 4.69) is 21.3 Å². The van der Waals surface area contributed by atoms with Crippen molar-refractivity contribution in [1.82, 2.24) is 30.5 Å². The lowest BCUT2D eigenvalue weighted by atomic mass is 9.85. The molecule has 16 heteroatoms. The average molecular weight is 717 g/mol. The summed E-state index contributed by atoms with van der Waals surface area (Å²) in [6.45, 7) is 11.1. The molecule has 0 radical (unpaired) electrons. The second kappa shape index (κ2) is 17.4. The summed E-state index contributed by atoms with van der Waals surface area (Å²) >= 11 is 0. The summed E-state index contributed by atoms with van der Waals surface area (Å²) in [6, 6.07) is 2.19. The minimum atomic E-state index is -3.53. The highest BCUT2D eigenvalue weighted by molar-refractivity contribution is 7.88. The summed E-state index contributed by atoms with van der Waals surface area (Å²) in [5, 5.41) is 10.6. The lowest BCUT2D eigenvalue weighted by molar-refractivity contribution is -0.142. The second-order valence-corrected chi connectivity index (χ2v) is 16.7. The number of hydrogen-bond donors (Lipinski definition) is 4. The Hall–Kier alpha value is -3.53. The van der Waals surface area contributed by atoms with Gasteiger partial charge in [0.15, 0.2) is 0 Å². The van der Waals surface area contributed by atoms with E-state index < -0.39 is 81.6 Å². The van der Waals surface area contributed by atoms with Crippen molar-refractivity contribution < 1.29 is 41.1 Å². The van der Waals surface area contributed by atoms with E-state index in [-0.39, 0.29) is 26.1 Å². The van der Waals surface area contributed by atoms with Gasteiger partial charge >= 0.3 is 6.03 Å². The van der Waals surface area contributed by atoms with Crippen LogP contribution in [0.1, 0.15) is 66.4 Å². The highest BCUT2D eigenvalue weighted by atomic mass is 32.2. The number of hydrogen-bond acceptors (Lipinski definition) is 7. The van der Waals surface area contributed by atoms with E-state index in [9.17, 15) is 36.4 Å². The van der Waals surface area contributed by atoms with Gasteiger partial charge in [-0.2, -0.15) is 0 Å². The van der Waals surface area contributed by atoms with Crippen LogP contribution >= 0.6 is 0 Å². The van der Waals surface area contributed by atoms with Gasteiger partial charge in [-0.25, -0.2) is 26.3 Å². The molecule has 13 nitrogen and oxygen atoms in total. The number of carbonyl (C=O) groups excluding carboxylic acids is 4. The zero-order chi connectivity index (χ0) is 37.3. The van der Waals surface area contributed by atoms with Crippen LogP contribution in [0.3, 0.4) is 0 Å². The number of likely N-dealkylation sites (N-methyl/N-ethyl adjacent to an activating group) is 1. The molecule has 5 amide bonds. The quantitative estimate of drug-likeness (QED) is 0.217. The molecule has 0 bridgehead atoms. The fourth-order valence-corrected chi connectivity index (χ4v) is 5.76. The van der Waals surface area contributed by atoms with Gasteiger partial charge in [-0.05, 0) is 47.8 Å². The summed E-state index contributed by atoms with van der Waals surface area (Å²) in [4.78, 5) is 55.0. The highest BCUT2D eigenvalue weighted by Gasteiger charge is 2.43. The van der Waals surface area contributed by atoms with E-state index in [0.29, 0.717) is 18.6 Å². The van der Waals surface area contributed by atoms with Gasteiger partial charge in [0, 0.05) is 39.1 Å². The molecule has 1 aromatic carbocycles.